The lowest BCUT2D eigenvalue weighted by Gasteiger charge is -2.28. The summed E-state index contributed by atoms with van der Waals surface area (Å²) in [5.74, 6) is 0.258. The van der Waals surface area contributed by atoms with Crippen LogP contribution in [0.2, 0.25) is 0 Å². The van der Waals surface area contributed by atoms with Crippen LogP contribution in [0.4, 0.5) is 0 Å². The number of benzene rings is 2. The van der Waals surface area contributed by atoms with Crippen LogP contribution in [0.1, 0.15) is 26.2 Å². The van der Waals surface area contributed by atoms with Gasteiger partial charge in [0.25, 0.3) is 5.91 Å². The molecule has 5 heteroatoms. The van der Waals surface area contributed by atoms with E-state index >= 15 is 0 Å². The number of carbonyl (C=O) groups is 2. The molecule has 1 atom stereocenters. The molecule has 1 fully saturated rings. The van der Waals surface area contributed by atoms with Gasteiger partial charge < -0.3 is 4.74 Å². The minimum absolute atomic E-state index is 0.0426. The van der Waals surface area contributed by atoms with E-state index in [1.54, 1.807) is 6.92 Å². The van der Waals surface area contributed by atoms with E-state index in [9.17, 15) is 9.59 Å². The Hall–Kier alpha value is -2.82. The van der Waals surface area contributed by atoms with Crippen molar-refractivity contribution in [3.05, 3.63) is 54.6 Å². The Bertz CT molecular complexity index is 728. The molecular weight excluding hydrogens is 316 g/mol. The molecule has 2 aromatic rings. The van der Waals surface area contributed by atoms with Crippen molar-refractivity contribution in [3.63, 3.8) is 0 Å². The van der Waals surface area contributed by atoms with Gasteiger partial charge in [0.2, 0.25) is 5.91 Å². The van der Waals surface area contributed by atoms with Crippen molar-refractivity contribution < 1.29 is 14.3 Å². The molecule has 1 aliphatic heterocycles. The summed E-state index contributed by atoms with van der Waals surface area (Å²) in [7, 11) is 0. The topological polar surface area (TPSA) is 58.6 Å². The predicted molar refractivity (Wildman–Crippen MR) is 95.7 cm³/mol. The maximum atomic E-state index is 12.2. The zero-order chi connectivity index (χ0) is 17.6. The quantitative estimate of drug-likeness (QED) is 0.911. The van der Waals surface area contributed by atoms with Crippen molar-refractivity contribution in [1.29, 1.82) is 0 Å². The van der Waals surface area contributed by atoms with Gasteiger partial charge in [0.05, 0.1) is 0 Å². The first kappa shape index (κ1) is 17.0. The summed E-state index contributed by atoms with van der Waals surface area (Å²) >= 11 is 0. The molecule has 3 rings (SSSR count). The molecule has 1 unspecified atom stereocenters. The molecule has 2 amide bonds. The molecule has 5 nitrogen and oxygen atoms in total. The summed E-state index contributed by atoms with van der Waals surface area (Å²) in [6.07, 6.45) is 1.58. The largest absolute Gasteiger partial charge is 0.481 e. The first-order valence-electron chi connectivity index (χ1n) is 8.56. The van der Waals surface area contributed by atoms with E-state index in [1.165, 1.54) is 5.01 Å². The number of piperidine rings is 1. The molecule has 130 valence electrons. The summed E-state index contributed by atoms with van der Waals surface area (Å²) < 4.78 is 5.69. The lowest BCUT2D eigenvalue weighted by molar-refractivity contribution is -0.146. The summed E-state index contributed by atoms with van der Waals surface area (Å²) in [6, 6.07) is 17.7. The average molecular weight is 338 g/mol. The average Bonchev–Trinajstić information content (AvgIpc) is 2.65. The Balaban J connectivity index is 1.58. The third kappa shape index (κ3) is 4.38. The van der Waals surface area contributed by atoms with Gasteiger partial charge >= 0.3 is 0 Å². The van der Waals surface area contributed by atoms with E-state index < -0.39 is 6.10 Å². The van der Waals surface area contributed by atoms with Gasteiger partial charge in [0, 0.05) is 13.0 Å². The summed E-state index contributed by atoms with van der Waals surface area (Å²) in [6.45, 7) is 2.23. The Morgan fingerprint density at radius 1 is 1.04 bits per heavy atom. The van der Waals surface area contributed by atoms with Crippen molar-refractivity contribution in [2.45, 2.75) is 32.3 Å². The number of nitrogens with zero attached hydrogens (tertiary/aromatic N) is 1. The SMILES string of the molecule is CC(Oc1ccc(-c2ccccc2)cc1)C(=O)NN1CCCCC1=O. The smallest absolute Gasteiger partial charge is 0.279 e. The number of nitrogens with one attached hydrogen (secondary N) is 1. The van der Waals surface area contributed by atoms with Gasteiger partial charge in [-0.15, -0.1) is 0 Å². The van der Waals surface area contributed by atoms with Crippen LogP contribution in [0, 0.1) is 0 Å². The molecule has 1 saturated heterocycles. The monoisotopic (exact) mass is 338 g/mol. The van der Waals surface area contributed by atoms with Crippen molar-refractivity contribution in [3.8, 4) is 16.9 Å². The number of hydrogen-bond donors (Lipinski definition) is 1. The number of rotatable bonds is 5. The van der Waals surface area contributed by atoms with Crippen LogP contribution in [0.25, 0.3) is 11.1 Å². The molecule has 0 spiro atoms. The second-order valence-electron chi connectivity index (χ2n) is 6.13. The van der Waals surface area contributed by atoms with Crippen LogP contribution in [-0.4, -0.2) is 29.5 Å². The van der Waals surface area contributed by atoms with E-state index in [0.29, 0.717) is 18.7 Å². The molecule has 2 aromatic carbocycles. The fourth-order valence-corrected chi connectivity index (χ4v) is 2.76. The molecule has 0 radical (unpaired) electrons. The van der Waals surface area contributed by atoms with Crippen LogP contribution in [0.5, 0.6) is 5.75 Å². The molecule has 1 N–H and O–H groups in total. The zero-order valence-electron chi connectivity index (χ0n) is 14.3. The number of amides is 2. The fourth-order valence-electron chi connectivity index (χ4n) is 2.76. The second-order valence-corrected chi connectivity index (χ2v) is 6.13. The molecule has 1 heterocycles. The van der Waals surface area contributed by atoms with Crippen LogP contribution < -0.4 is 10.2 Å². The predicted octanol–water partition coefficient (Wildman–Crippen LogP) is 3.16. The van der Waals surface area contributed by atoms with Gasteiger partial charge in [-0.3, -0.25) is 20.0 Å². The molecule has 0 bridgehead atoms. The molecule has 25 heavy (non-hydrogen) atoms. The number of ether oxygens (including phenoxy) is 1. The van der Waals surface area contributed by atoms with Gasteiger partial charge in [0.1, 0.15) is 5.75 Å². The fraction of sp³-hybridized carbons (Fsp3) is 0.300. The van der Waals surface area contributed by atoms with Gasteiger partial charge in [-0.05, 0) is 43.0 Å². The molecule has 0 aliphatic carbocycles. The van der Waals surface area contributed by atoms with E-state index in [4.69, 9.17) is 4.74 Å². The molecule has 0 aromatic heterocycles. The van der Waals surface area contributed by atoms with Crippen molar-refractivity contribution in [2.24, 2.45) is 0 Å². The highest BCUT2D eigenvalue weighted by Gasteiger charge is 2.23. The standard InChI is InChI=1S/C20H22N2O3/c1-15(20(24)21-22-14-6-5-9-19(22)23)25-18-12-10-17(11-13-18)16-7-3-2-4-8-16/h2-4,7-8,10-13,15H,5-6,9,14H2,1H3,(H,21,24). The Morgan fingerprint density at radius 2 is 1.72 bits per heavy atom. The first-order chi connectivity index (χ1) is 12.1. The first-order valence-corrected chi connectivity index (χ1v) is 8.56. The highest BCUT2D eigenvalue weighted by Crippen LogP contribution is 2.22. The summed E-state index contributed by atoms with van der Waals surface area (Å²) in [5, 5.41) is 1.39. The minimum Gasteiger partial charge on any atom is -0.481 e. The van der Waals surface area contributed by atoms with Crippen molar-refractivity contribution in [1.82, 2.24) is 10.4 Å². The molecular formula is C20H22N2O3. The maximum Gasteiger partial charge on any atom is 0.279 e. The van der Waals surface area contributed by atoms with Crippen LogP contribution >= 0.6 is 0 Å². The lowest BCUT2D eigenvalue weighted by atomic mass is 10.1. The van der Waals surface area contributed by atoms with E-state index in [0.717, 1.165) is 24.0 Å². The Labute approximate surface area is 147 Å². The van der Waals surface area contributed by atoms with Crippen molar-refractivity contribution in [2.75, 3.05) is 6.54 Å². The van der Waals surface area contributed by atoms with E-state index in [1.807, 2.05) is 54.6 Å². The summed E-state index contributed by atoms with van der Waals surface area (Å²) in [5.41, 5.74) is 4.86. The third-order valence-corrected chi connectivity index (χ3v) is 4.21. The highest BCUT2D eigenvalue weighted by molar-refractivity contribution is 5.85. The highest BCUT2D eigenvalue weighted by atomic mass is 16.5. The second kappa shape index (κ2) is 7.83. The zero-order valence-corrected chi connectivity index (χ0v) is 14.3. The van der Waals surface area contributed by atoms with E-state index in [2.05, 4.69) is 5.43 Å². The third-order valence-electron chi connectivity index (χ3n) is 4.21. The van der Waals surface area contributed by atoms with Gasteiger partial charge in [-0.1, -0.05) is 42.5 Å². The van der Waals surface area contributed by atoms with Crippen LogP contribution in [-0.2, 0) is 9.59 Å². The van der Waals surface area contributed by atoms with Gasteiger partial charge in [-0.2, -0.15) is 0 Å². The number of carbonyl (C=O) groups excluding carboxylic acids is 2. The summed E-state index contributed by atoms with van der Waals surface area (Å²) in [4.78, 5) is 24.0. The minimum atomic E-state index is -0.683. The van der Waals surface area contributed by atoms with Crippen LogP contribution in [0.3, 0.4) is 0 Å². The van der Waals surface area contributed by atoms with Crippen LogP contribution in [0.15, 0.2) is 54.6 Å². The maximum absolute atomic E-state index is 12.2. The van der Waals surface area contributed by atoms with Gasteiger partial charge in [0.15, 0.2) is 6.10 Å². The Kier molecular flexibility index (Phi) is 5.33. The molecule has 0 saturated carbocycles. The van der Waals surface area contributed by atoms with Crippen molar-refractivity contribution >= 4 is 11.8 Å². The normalized spacial score (nSPS) is 15.6. The molecule has 1 aliphatic rings. The number of hydrazine groups is 1. The number of hydrogen-bond acceptors (Lipinski definition) is 3. The van der Waals surface area contributed by atoms with E-state index in [-0.39, 0.29) is 11.8 Å². The lowest BCUT2D eigenvalue weighted by Crippen LogP contribution is -2.51. The Morgan fingerprint density at radius 3 is 2.40 bits per heavy atom. The van der Waals surface area contributed by atoms with Gasteiger partial charge in [-0.25, -0.2) is 0 Å².